The molecule has 8 heteroatoms. The third-order valence-electron chi connectivity index (χ3n) is 5.24. The summed E-state index contributed by atoms with van der Waals surface area (Å²) in [5, 5.41) is 5.30. The third kappa shape index (κ3) is 5.77. The summed E-state index contributed by atoms with van der Waals surface area (Å²) in [6.07, 6.45) is 0. The molecule has 2 aromatic rings. The normalized spacial score (nSPS) is 16.0. The fraction of sp³-hybridized carbons (Fsp3) is 0.364. The number of methoxy groups -OCH3 is 1. The second-order valence-corrected chi connectivity index (χ2v) is 7.30. The van der Waals surface area contributed by atoms with Crippen LogP contribution in [-0.4, -0.2) is 68.5 Å². The molecule has 2 aromatic carbocycles. The van der Waals surface area contributed by atoms with Crippen LogP contribution < -0.4 is 15.4 Å². The molecular formula is C22H27FN4O3. The number of anilines is 1. The standard InChI is InChI=1S/C22H27FN4O3/c1-26-11-13-27(14-12-26)20(16-3-5-17(23)6-4-16)15-24-21(28)22(29)25-18-7-9-19(30-2)10-8-18/h3-10,20H,11-15H2,1-2H3,(H,24,28)(H,25,29)/t20-/m1/s1. The number of piperazine rings is 1. The molecule has 0 aromatic heterocycles. The van der Waals surface area contributed by atoms with E-state index in [9.17, 15) is 14.0 Å². The molecule has 2 amide bonds. The van der Waals surface area contributed by atoms with Crippen LogP contribution in [0.25, 0.3) is 0 Å². The quantitative estimate of drug-likeness (QED) is 0.706. The monoisotopic (exact) mass is 414 g/mol. The number of carbonyl (C=O) groups is 2. The van der Waals surface area contributed by atoms with E-state index in [1.807, 2.05) is 0 Å². The Hall–Kier alpha value is -2.97. The van der Waals surface area contributed by atoms with E-state index in [0.717, 1.165) is 31.7 Å². The van der Waals surface area contributed by atoms with Gasteiger partial charge < -0.3 is 20.3 Å². The minimum Gasteiger partial charge on any atom is -0.497 e. The van der Waals surface area contributed by atoms with Crippen molar-refractivity contribution in [2.45, 2.75) is 6.04 Å². The molecule has 3 rings (SSSR count). The van der Waals surface area contributed by atoms with Gasteiger partial charge in [-0.3, -0.25) is 14.5 Å². The summed E-state index contributed by atoms with van der Waals surface area (Å²) in [4.78, 5) is 29.1. The van der Waals surface area contributed by atoms with Gasteiger partial charge in [-0.05, 0) is 49.0 Å². The lowest BCUT2D eigenvalue weighted by Gasteiger charge is -2.38. The molecular weight excluding hydrogens is 387 g/mol. The summed E-state index contributed by atoms with van der Waals surface area (Å²) in [5.74, 6) is -1.10. The zero-order chi connectivity index (χ0) is 21.5. The van der Waals surface area contributed by atoms with Gasteiger partial charge in [-0.2, -0.15) is 0 Å². The van der Waals surface area contributed by atoms with Crippen LogP contribution in [-0.2, 0) is 9.59 Å². The van der Waals surface area contributed by atoms with Crippen LogP contribution in [0.15, 0.2) is 48.5 Å². The molecule has 160 valence electrons. The summed E-state index contributed by atoms with van der Waals surface area (Å²) in [6, 6.07) is 12.9. The molecule has 1 fully saturated rings. The molecule has 0 saturated carbocycles. The Morgan fingerprint density at radius 2 is 1.63 bits per heavy atom. The van der Waals surface area contributed by atoms with E-state index < -0.39 is 11.8 Å². The van der Waals surface area contributed by atoms with Crippen LogP contribution >= 0.6 is 0 Å². The van der Waals surface area contributed by atoms with Crippen molar-refractivity contribution in [3.63, 3.8) is 0 Å². The minimum absolute atomic E-state index is 0.142. The highest BCUT2D eigenvalue weighted by molar-refractivity contribution is 6.39. The van der Waals surface area contributed by atoms with Gasteiger partial charge in [0, 0.05) is 38.4 Å². The van der Waals surface area contributed by atoms with Crippen LogP contribution in [0, 0.1) is 5.82 Å². The molecule has 1 aliphatic rings. The average Bonchev–Trinajstić information content (AvgIpc) is 2.76. The first-order valence-electron chi connectivity index (χ1n) is 9.87. The lowest BCUT2D eigenvalue weighted by molar-refractivity contribution is -0.136. The van der Waals surface area contributed by atoms with Crippen LogP contribution in [0.3, 0.4) is 0 Å². The molecule has 1 saturated heterocycles. The Morgan fingerprint density at radius 1 is 1.00 bits per heavy atom. The Bertz CT molecular complexity index is 850. The Balaban J connectivity index is 1.62. The average molecular weight is 414 g/mol. The molecule has 7 nitrogen and oxygen atoms in total. The first-order chi connectivity index (χ1) is 14.5. The van der Waals surface area contributed by atoms with Crippen molar-refractivity contribution in [3.05, 3.63) is 59.9 Å². The van der Waals surface area contributed by atoms with Crippen molar-refractivity contribution >= 4 is 17.5 Å². The maximum atomic E-state index is 13.4. The first kappa shape index (κ1) is 21.7. The van der Waals surface area contributed by atoms with Crippen molar-refractivity contribution in [2.24, 2.45) is 0 Å². The van der Waals surface area contributed by atoms with Gasteiger partial charge in [0.2, 0.25) is 0 Å². The van der Waals surface area contributed by atoms with Gasteiger partial charge in [-0.25, -0.2) is 4.39 Å². The Morgan fingerprint density at radius 3 is 2.23 bits per heavy atom. The van der Waals surface area contributed by atoms with E-state index in [0.29, 0.717) is 11.4 Å². The predicted octanol–water partition coefficient (Wildman–Crippen LogP) is 1.88. The van der Waals surface area contributed by atoms with Crippen molar-refractivity contribution in [1.82, 2.24) is 15.1 Å². The molecule has 1 atom stereocenters. The zero-order valence-corrected chi connectivity index (χ0v) is 17.2. The van der Waals surface area contributed by atoms with Gasteiger partial charge in [-0.1, -0.05) is 12.1 Å². The van der Waals surface area contributed by atoms with Gasteiger partial charge in [0.05, 0.1) is 13.2 Å². The first-order valence-corrected chi connectivity index (χ1v) is 9.87. The smallest absolute Gasteiger partial charge is 0.313 e. The highest BCUT2D eigenvalue weighted by atomic mass is 19.1. The molecule has 0 radical (unpaired) electrons. The van der Waals surface area contributed by atoms with Crippen molar-refractivity contribution in [1.29, 1.82) is 0 Å². The highest BCUT2D eigenvalue weighted by Crippen LogP contribution is 2.22. The Labute approximate surface area is 175 Å². The minimum atomic E-state index is -0.739. The number of rotatable bonds is 6. The topological polar surface area (TPSA) is 73.9 Å². The van der Waals surface area contributed by atoms with Gasteiger partial charge in [0.15, 0.2) is 0 Å². The van der Waals surface area contributed by atoms with Crippen molar-refractivity contribution in [3.8, 4) is 5.75 Å². The van der Waals surface area contributed by atoms with Crippen molar-refractivity contribution in [2.75, 3.05) is 52.2 Å². The number of benzene rings is 2. The van der Waals surface area contributed by atoms with E-state index in [-0.39, 0.29) is 18.4 Å². The second kappa shape index (κ2) is 10.2. The molecule has 0 unspecified atom stereocenters. The van der Waals surface area contributed by atoms with Crippen LogP contribution in [0.2, 0.25) is 0 Å². The number of hydrogen-bond acceptors (Lipinski definition) is 5. The molecule has 0 spiro atoms. The molecule has 0 bridgehead atoms. The number of carbonyl (C=O) groups excluding carboxylic acids is 2. The van der Waals surface area contributed by atoms with E-state index in [1.54, 1.807) is 43.5 Å². The summed E-state index contributed by atoms with van der Waals surface area (Å²) in [7, 11) is 3.62. The molecule has 30 heavy (non-hydrogen) atoms. The van der Waals surface area contributed by atoms with Gasteiger partial charge in [-0.15, -0.1) is 0 Å². The van der Waals surface area contributed by atoms with E-state index in [2.05, 4.69) is 27.5 Å². The summed E-state index contributed by atoms with van der Waals surface area (Å²) < 4.78 is 18.4. The number of nitrogens with one attached hydrogen (secondary N) is 2. The number of amides is 2. The van der Waals surface area contributed by atoms with Crippen molar-refractivity contribution < 1.29 is 18.7 Å². The maximum absolute atomic E-state index is 13.4. The number of hydrogen-bond donors (Lipinski definition) is 2. The molecule has 1 heterocycles. The zero-order valence-electron chi connectivity index (χ0n) is 17.2. The number of halogens is 1. The summed E-state index contributed by atoms with van der Waals surface area (Å²) in [6.45, 7) is 3.72. The van der Waals surface area contributed by atoms with Gasteiger partial charge in [0.25, 0.3) is 0 Å². The van der Waals surface area contributed by atoms with Crippen LogP contribution in [0.5, 0.6) is 5.75 Å². The SMILES string of the molecule is COc1ccc(NC(=O)C(=O)NC[C@H](c2ccc(F)cc2)N2CCN(C)CC2)cc1. The highest BCUT2D eigenvalue weighted by Gasteiger charge is 2.25. The fourth-order valence-electron chi connectivity index (χ4n) is 3.41. The lowest BCUT2D eigenvalue weighted by atomic mass is 10.0. The van der Waals surface area contributed by atoms with Crippen LogP contribution in [0.4, 0.5) is 10.1 Å². The van der Waals surface area contributed by atoms with E-state index in [4.69, 9.17) is 4.74 Å². The maximum Gasteiger partial charge on any atom is 0.313 e. The van der Waals surface area contributed by atoms with Crippen LogP contribution in [0.1, 0.15) is 11.6 Å². The number of ether oxygens (including phenoxy) is 1. The fourth-order valence-corrected chi connectivity index (χ4v) is 3.41. The van der Waals surface area contributed by atoms with Gasteiger partial charge in [0.1, 0.15) is 11.6 Å². The molecule has 2 N–H and O–H groups in total. The van der Waals surface area contributed by atoms with E-state index >= 15 is 0 Å². The Kier molecular flexibility index (Phi) is 7.37. The molecule has 0 aliphatic carbocycles. The second-order valence-electron chi connectivity index (χ2n) is 7.30. The molecule has 1 aliphatic heterocycles. The predicted molar refractivity (Wildman–Crippen MR) is 113 cm³/mol. The number of likely N-dealkylation sites (N-methyl/N-ethyl adjacent to an activating group) is 1. The summed E-state index contributed by atoms with van der Waals surface area (Å²) >= 11 is 0. The summed E-state index contributed by atoms with van der Waals surface area (Å²) in [5.41, 5.74) is 1.40. The van der Waals surface area contributed by atoms with E-state index in [1.165, 1.54) is 12.1 Å². The largest absolute Gasteiger partial charge is 0.497 e. The lowest BCUT2D eigenvalue weighted by Crippen LogP contribution is -2.49. The number of nitrogens with zero attached hydrogens (tertiary/aromatic N) is 2. The third-order valence-corrected chi connectivity index (χ3v) is 5.24. The van der Waals surface area contributed by atoms with Gasteiger partial charge >= 0.3 is 11.8 Å².